The molecule has 0 saturated heterocycles. The Hall–Kier alpha value is -5.99. The summed E-state index contributed by atoms with van der Waals surface area (Å²) in [5.74, 6) is 0. The molecule has 10 rings (SSSR count). The topological polar surface area (TPSA) is 17.3 Å². The second-order valence-electron chi connectivity index (χ2n) is 11.9. The second-order valence-corrected chi connectivity index (χ2v) is 11.9. The van der Waals surface area contributed by atoms with E-state index in [1.807, 2.05) is 6.20 Å². The van der Waals surface area contributed by atoms with Crippen LogP contribution in [0.5, 0.6) is 0 Å². The van der Waals surface area contributed by atoms with Gasteiger partial charge in [-0.3, -0.25) is 4.40 Å². The Balaban J connectivity index is 1.30. The summed E-state index contributed by atoms with van der Waals surface area (Å²) in [5, 5.41) is 10.0. The number of hydrogen-bond donors (Lipinski definition) is 0. The number of para-hydroxylation sites is 1. The molecule has 7 aromatic carbocycles. The first-order chi connectivity index (χ1) is 22.3. The Kier molecular flexibility index (Phi) is 5.03. The molecule has 0 aliphatic rings. The summed E-state index contributed by atoms with van der Waals surface area (Å²) in [6.07, 6.45) is 1.90. The van der Waals surface area contributed by atoms with Gasteiger partial charge < -0.3 is 0 Å². The van der Waals surface area contributed by atoms with Crippen molar-refractivity contribution in [1.29, 1.82) is 0 Å². The fourth-order valence-electron chi connectivity index (χ4n) is 7.66. The van der Waals surface area contributed by atoms with E-state index in [0.29, 0.717) is 0 Å². The maximum absolute atomic E-state index is 4.86. The van der Waals surface area contributed by atoms with Crippen molar-refractivity contribution in [3.63, 3.8) is 0 Å². The number of aromatic nitrogens is 2. The Labute approximate surface area is 259 Å². The van der Waals surface area contributed by atoms with Crippen LogP contribution in [0.4, 0.5) is 0 Å². The molecule has 0 spiro atoms. The van der Waals surface area contributed by atoms with Gasteiger partial charge in [0.2, 0.25) is 0 Å². The highest BCUT2D eigenvalue weighted by molar-refractivity contribution is 6.27. The van der Waals surface area contributed by atoms with Crippen LogP contribution in [0.1, 0.15) is 0 Å². The Bertz CT molecular complexity index is 2590. The number of hydrogen-bond acceptors (Lipinski definition) is 1. The van der Waals surface area contributed by atoms with Crippen molar-refractivity contribution in [1.82, 2.24) is 9.38 Å². The number of benzene rings is 7. The van der Waals surface area contributed by atoms with Crippen LogP contribution in [0, 0.1) is 0 Å². The first kappa shape index (κ1) is 24.5. The van der Waals surface area contributed by atoms with Crippen molar-refractivity contribution in [2.75, 3.05) is 0 Å². The standard InChI is InChI=1S/C43H26N2/c1-2-11-27(12-3-1)28-20-22-29(23-21-28)40-32-14-4-6-16-34(32)41(35-17-7-5-15-33(35)40)30-25-37-31-13-8-9-19-39(31)45-42(37)38(26-30)36-18-10-24-44-43(36)45/h1-26H. The molecule has 2 nitrogen and oxygen atoms in total. The first-order valence-electron chi connectivity index (χ1n) is 15.5. The zero-order chi connectivity index (χ0) is 29.5. The molecule has 3 aromatic heterocycles. The van der Waals surface area contributed by atoms with Gasteiger partial charge in [-0.1, -0.05) is 121 Å². The average Bonchev–Trinajstić information content (AvgIpc) is 3.63. The molecular formula is C43H26N2. The van der Waals surface area contributed by atoms with E-state index in [1.54, 1.807) is 0 Å². The molecule has 0 aliphatic carbocycles. The summed E-state index contributed by atoms with van der Waals surface area (Å²) in [6, 6.07) is 55.3. The molecule has 10 aromatic rings. The van der Waals surface area contributed by atoms with E-state index < -0.39 is 0 Å². The fourth-order valence-corrected chi connectivity index (χ4v) is 7.66. The van der Waals surface area contributed by atoms with Gasteiger partial charge >= 0.3 is 0 Å². The lowest BCUT2D eigenvalue weighted by atomic mass is 9.85. The third-order valence-electron chi connectivity index (χ3n) is 9.56. The quantitative estimate of drug-likeness (QED) is 0.193. The molecule has 45 heavy (non-hydrogen) atoms. The van der Waals surface area contributed by atoms with Gasteiger partial charge in [0.1, 0.15) is 5.65 Å². The van der Waals surface area contributed by atoms with Crippen LogP contribution in [0.15, 0.2) is 158 Å². The van der Waals surface area contributed by atoms with Crippen molar-refractivity contribution < 1.29 is 0 Å². The van der Waals surface area contributed by atoms with Gasteiger partial charge in [-0.2, -0.15) is 0 Å². The molecule has 0 bridgehead atoms. The van der Waals surface area contributed by atoms with Crippen LogP contribution in [-0.4, -0.2) is 9.38 Å². The average molecular weight is 571 g/mol. The van der Waals surface area contributed by atoms with E-state index in [2.05, 4.69) is 156 Å². The lowest BCUT2D eigenvalue weighted by Crippen LogP contribution is -1.91. The van der Waals surface area contributed by atoms with Crippen LogP contribution in [0.25, 0.3) is 93.2 Å². The summed E-state index contributed by atoms with van der Waals surface area (Å²) >= 11 is 0. The van der Waals surface area contributed by atoms with E-state index >= 15 is 0 Å². The number of rotatable bonds is 3. The van der Waals surface area contributed by atoms with Crippen LogP contribution in [0.2, 0.25) is 0 Å². The largest absolute Gasteiger partial charge is 0.293 e. The molecule has 0 aliphatic heterocycles. The van der Waals surface area contributed by atoms with Crippen LogP contribution < -0.4 is 0 Å². The lowest BCUT2D eigenvalue weighted by Gasteiger charge is -2.18. The third kappa shape index (κ3) is 3.42. The number of nitrogens with zero attached hydrogens (tertiary/aromatic N) is 2. The van der Waals surface area contributed by atoms with Crippen molar-refractivity contribution in [3.8, 4) is 33.4 Å². The highest BCUT2D eigenvalue weighted by Gasteiger charge is 2.22. The molecule has 3 heterocycles. The predicted octanol–water partition coefficient (Wildman–Crippen LogP) is 11.5. The maximum atomic E-state index is 4.86. The van der Waals surface area contributed by atoms with E-state index in [1.165, 1.54) is 87.5 Å². The SMILES string of the molecule is c1ccc(-c2ccc(-c3c4ccccc4c(-c4cc5c6ccccc6n6c7ncccc7c(c4)c56)c4ccccc34)cc2)cc1. The maximum Gasteiger partial charge on any atom is 0.145 e. The summed E-state index contributed by atoms with van der Waals surface area (Å²) in [5.41, 5.74) is 10.9. The van der Waals surface area contributed by atoms with E-state index in [-0.39, 0.29) is 0 Å². The Morgan fingerprint density at radius 2 is 0.844 bits per heavy atom. The van der Waals surface area contributed by atoms with Crippen molar-refractivity contribution in [2.24, 2.45) is 0 Å². The first-order valence-corrected chi connectivity index (χ1v) is 15.5. The molecule has 0 saturated carbocycles. The highest BCUT2D eigenvalue weighted by Crippen LogP contribution is 2.47. The normalized spacial score (nSPS) is 12.0. The minimum absolute atomic E-state index is 1.01. The van der Waals surface area contributed by atoms with Gasteiger partial charge in [0, 0.05) is 27.7 Å². The van der Waals surface area contributed by atoms with Crippen LogP contribution in [-0.2, 0) is 0 Å². The van der Waals surface area contributed by atoms with Gasteiger partial charge in [-0.15, -0.1) is 0 Å². The van der Waals surface area contributed by atoms with Gasteiger partial charge in [0.15, 0.2) is 0 Å². The smallest absolute Gasteiger partial charge is 0.145 e. The Morgan fingerprint density at radius 1 is 0.356 bits per heavy atom. The van der Waals surface area contributed by atoms with Crippen molar-refractivity contribution in [3.05, 3.63) is 158 Å². The highest BCUT2D eigenvalue weighted by atomic mass is 15.0. The van der Waals surface area contributed by atoms with E-state index in [0.717, 1.165) is 5.65 Å². The monoisotopic (exact) mass is 570 g/mol. The third-order valence-corrected chi connectivity index (χ3v) is 9.56. The zero-order valence-corrected chi connectivity index (χ0v) is 24.4. The zero-order valence-electron chi connectivity index (χ0n) is 24.4. The second kappa shape index (κ2) is 9.25. The molecule has 0 fully saturated rings. The number of fused-ring (bicyclic) bond motifs is 8. The summed E-state index contributed by atoms with van der Waals surface area (Å²) < 4.78 is 2.34. The summed E-state index contributed by atoms with van der Waals surface area (Å²) in [6.45, 7) is 0. The minimum Gasteiger partial charge on any atom is -0.293 e. The lowest BCUT2D eigenvalue weighted by molar-refractivity contribution is 1.27. The van der Waals surface area contributed by atoms with Gasteiger partial charge in [-0.25, -0.2) is 4.98 Å². The molecule has 2 heteroatoms. The van der Waals surface area contributed by atoms with Crippen molar-refractivity contribution >= 4 is 59.8 Å². The molecule has 0 radical (unpaired) electrons. The molecule has 0 amide bonds. The van der Waals surface area contributed by atoms with Gasteiger partial charge in [0.25, 0.3) is 0 Å². The summed E-state index contributed by atoms with van der Waals surface area (Å²) in [7, 11) is 0. The van der Waals surface area contributed by atoms with Gasteiger partial charge in [-0.05, 0) is 85.3 Å². The van der Waals surface area contributed by atoms with Crippen molar-refractivity contribution in [2.45, 2.75) is 0 Å². The van der Waals surface area contributed by atoms with E-state index in [9.17, 15) is 0 Å². The van der Waals surface area contributed by atoms with Crippen LogP contribution >= 0.6 is 0 Å². The predicted molar refractivity (Wildman–Crippen MR) is 190 cm³/mol. The molecule has 0 atom stereocenters. The van der Waals surface area contributed by atoms with E-state index in [4.69, 9.17) is 4.98 Å². The number of pyridine rings is 1. The molecular weight excluding hydrogens is 544 g/mol. The molecule has 208 valence electrons. The van der Waals surface area contributed by atoms with Crippen LogP contribution in [0.3, 0.4) is 0 Å². The minimum atomic E-state index is 1.01. The van der Waals surface area contributed by atoms with Gasteiger partial charge in [0.05, 0.1) is 11.0 Å². The Morgan fingerprint density at radius 3 is 1.51 bits per heavy atom. The summed E-state index contributed by atoms with van der Waals surface area (Å²) in [4.78, 5) is 4.86. The molecule has 0 unspecified atom stereocenters. The molecule has 0 N–H and O–H groups in total. The fraction of sp³-hybridized carbons (Fsp3) is 0.